The van der Waals surface area contributed by atoms with Crippen LogP contribution in [0.15, 0.2) is 22.7 Å². The van der Waals surface area contributed by atoms with Crippen molar-refractivity contribution in [3.05, 3.63) is 46.6 Å². The van der Waals surface area contributed by atoms with Gasteiger partial charge in [0, 0.05) is 24.9 Å². The number of carbonyl (C=O) groups excluding carboxylic acids is 1. The first-order valence-electron chi connectivity index (χ1n) is 10.4. The predicted octanol–water partition coefficient (Wildman–Crippen LogP) is 3.18. The van der Waals surface area contributed by atoms with Crippen molar-refractivity contribution >= 4 is 6.03 Å². The molecule has 4 rings (SSSR count). The maximum absolute atomic E-state index is 13.0. The quantitative estimate of drug-likeness (QED) is 0.859. The molecule has 2 saturated heterocycles. The van der Waals surface area contributed by atoms with E-state index in [1.165, 1.54) is 16.7 Å². The van der Waals surface area contributed by atoms with Crippen molar-refractivity contribution < 1.29 is 14.4 Å². The first-order chi connectivity index (χ1) is 13.8. The molecule has 1 N–H and O–H groups in total. The Kier molecular flexibility index (Phi) is 5.34. The predicted molar refractivity (Wildman–Crippen MR) is 109 cm³/mol. The molecule has 0 radical (unpaired) electrons. The summed E-state index contributed by atoms with van der Waals surface area (Å²) in [4.78, 5) is 21.2. The van der Waals surface area contributed by atoms with Crippen LogP contribution in [0.2, 0.25) is 0 Å². The van der Waals surface area contributed by atoms with E-state index in [2.05, 4.69) is 42.2 Å². The zero-order chi connectivity index (χ0) is 20.7. The zero-order valence-corrected chi connectivity index (χ0v) is 17.6. The fourth-order valence-electron chi connectivity index (χ4n) is 4.15. The molecule has 1 aromatic heterocycles. The number of aromatic nitrogens is 2. The van der Waals surface area contributed by atoms with Crippen molar-refractivity contribution in [2.75, 3.05) is 26.2 Å². The summed E-state index contributed by atoms with van der Waals surface area (Å²) >= 11 is 0. The van der Waals surface area contributed by atoms with E-state index in [4.69, 9.17) is 4.52 Å². The molecule has 1 aromatic carbocycles. The molecule has 0 bridgehead atoms. The van der Waals surface area contributed by atoms with Crippen molar-refractivity contribution in [3.8, 4) is 0 Å². The monoisotopic (exact) mass is 398 g/mol. The third-order valence-electron chi connectivity index (χ3n) is 6.18. The van der Waals surface area contributed by atoms with Crippen LogP contribution >= 0.6 is 0 Å². The lowest BCUT2D eigenvalue weighted by Crippen LogP contribution is -2.59. The van der Waals surface area contributed by atoms with E-state index in [9.17, 15) is 9.90 Å². The van der Waals surface area contributed by atoms with Gasteiger partial charge in [0.05, 0.1) is 25.1 Å². The van der Waals surface area contributed by atoms with Gasteiger partial charge in [0.2, 0.25) is 5.89 Å². The summed E-state index contributed by atoms with van der Waals surface area (Å²) in [5.74, 6) is 1.73. The van der Waals surface area contributed by atoms with Gasteiger partial charge >= 0.3 is 6.03 Å². The highest BCUT2D eigenvalue weighted by atomic mass is 16.5. The van der Waals surface area contributed by atoms with Gasteiger partial charge in [0.1, 0.15) is 0 Å². The molecule has 0 saturated carbocycles. The number of urea groups is 1. The molecule has 0 aliphatic carbocycles. The summed E-state index contributed by atoms with van der Waals surface area (Å²) in [7, 11) is 0. The number of carbonyl (C=O) groups is 1. The molecule has 2 aromatic rings. The van der Waals surface area contributed by atoms with E-state index in [1.54, 1.807) is 4.90 Å². The molecule has 2 aliphatic heterocycles. The number of hydrogen-bond donors (Lipinski definition) is 1. The Bertz CT molecular complexity index is 888. The average Bonchev–Trinajstić information content (AvgIpc) is 3.17. The molecule has 3 heterocycles. The number of amides is 2. The molecule has 2 aliphatic rings. The molecule has 2 atom stereocenters. The minimum atomic E-state index is -0.403. The van der Waals surface area contributed by atoms with Gasteiger partial charge in [-0.05, 0) is 37.0 Å². The molecular weight excluding hydrogens is 368 g/mol. The summed E-state index contributed by atoms with van der Waals surface area (Å²) in [5.41, 5.74) is 3.76. The lowest BCUT2D eigenvalue weighted by atomic mass is 9.83. The first kappa shape index (κ1) is 19.9. The van der Waals surface area contributed by atoms with Gasteiger partial charge in [-0.3, -0.25) is 0 Å². The van der Waals surface area contributed by atoms with E-state index < -0.39 is 6.10 Å². The number of piperidine rings is 1. The molecule has 2 amide bonds. The lowest BCUT2D eigenvalue weighted by Gasteiger charge is -2.43. The molecule has 7 nitrogen and oxygen atoms in total. The highest BCUT2D eigenvalue weighted by Crippen LogP contribution is 2.37. The van der Waals surface area contributed by atoms with Crippen LogP contribution in [-0.2, 0) is 0 Å². The minimum absolute atomic E-state index is 0.00510. The van der Waals surface area contributed by atoms with Crippen LogP contribution in [-0.4, -0.2) is 63.4 Å². The average molecular weight is 399 g/mol. The maximum Gasteiger partial charge on any atom is 0.320 e. The van der Waals surface area contributed by atoms with Gasteiger partial charge in [-0.1, -0.05) is 37.2 Å². The Hall–Kier alpha value is -2.41. The first-order valence-corrected chi connectivity index (χ1v) is 10.4. The van der Waals surface area contributed by atoms with Gasteiger partial charge in [-0.25, -0.2) is 4.79 Å². The van der Waals surface area contributed by atoms with Gasteiger partial charge in [0.25, 0.3) is 0 Å². The number of nitrogens with zero attached hydrogens (tertiary/aromatic N) is 4. The Morgan fingerprint density at radius 3 is 2.41 bits per heavy atom. The largest absolute Gasteiger partial charge is 0.389 e. The van der Waals surface area contributed by atoms with Crippen molar-refractivity contribution in [1.82, 2.24) is 19.9 Å². The van der Waals surface area contributed by atoms with Crippen molar-refractivity contribution in [1.29, 1.82) is 0 Å². The Morgan fingerprint density at radius 2 is 1.79 bits per heavy atom. The van der Waals surface area contributed by atoms with E-state index in [1.807, 2.05) is 18.7 Å². The normalized spacial score (nSPS) is 22.8. The summed E-state index contributed by atoms with van der Waals surface area (Å²) in [6, 6.07) is 6.53. The third kappa shape index (κ3) is 4.01. The van der Waals surface area contributed by atoms with Crippen LogP contribution in [0.3, 0.4) is 0 Å². The van der Waals surface area contributed by atoms with Crippen molar-refractivity contribution in [2.24, 2.45) is 0 Å². The van der Waals surface area contributed by atoms with E-state index in [0.29, 0.717) is 37.9 Å². The lowest BCUT2D eigenvalue weighted by molar-refractivity contribution is 0.0111. The molecule has 156 valence electrons. The Balaban J connectivity index is 1.60. The SMILES string of the molecule is Cc1ccc(C2CC(c3nc(C(C)C)no3)CN(C(=O)N3CC(O)C3)C2)cc1C. The minimum Gasteiger partial charge on any atom is -0.389 e. The molecular formula is C22H30N4O3. The number of aryl methyl sites for hydroxylation is 2. The topological polar surface area (TPSA) is 82.7 Å². The molecule has 0 spiro atoms. The van der Waals surface area contributed by atoms with Gasteiger partial charge in [-0.2, -0.15) is 4.98 Å². The van der Waals surface area contributed by atoms with Crippen molar-refractivity contribution in [3.63, 3.8) is 0 Å². The fourth-order valence-corrected chi connectivity index (χ4v) is 4.15. The molecule has 7 heteroatoms. The fraction of sp³-hybridized carbons (Fsp3) is 0.591. The van der Waals surface area contributed by atoms with Crippen molar-refractivity contribution in [2.45, 2.75) is 58.0 Å². The second-order valence-corrected chi connectivity index (χ2v) is 8.87. The smallest absolute Gasteiger partial charge is 0.320 e. The number of hydrogen-bond acceptors (Lipinski definition) is 5. The highest BCUT2D eigenvalue weighted by Gasteiger charge is 2.39. The number of likely N-dealkylation sites (tertiary alicyclic amines) is 2. The number of aliphatic hydroxyl groups excluding tert-OH is 1. The van der Waals surface area contributed by atoms with E-state index in [-0.39, 0.29) is 23.8 Å². The summed E-state index contributed by atoms with van der Waals surface area (Å²) in [5, 5.41) is 13.7. The Labute approximate surface area is 171 Å². The second-order valence-electron chi connectivity index (χ2n) is 8.87. The van der Waals surface area contributed by atoms with E-state index in [0.717, 1.165) is 6.42 Å². The maximum atomic E-state index is 13.0. The van der Waals surface area contributed by atoms with Crippen LogP contribution in [0.1, 0.15) is 66.4 Å². The second kappa shape index (κ2) is 7.78. The van der Waals surface area contributed by atoms with Crippen LogP contribution in [0, 0.1) is 13.8 Å². The number of benzene rings is 1. The van der Waals surface area contributed by atoms with Gasteiger partial charge in [-0.15, -0.1) is 0 Å². The van der Waals surface area contributed by atoms with E-state index >= 15 is 0 Å². The van der Waals surface area contributed by atoms with Crippen LogP contribution in [0.25, 0.3) is 0 Å². The standard InChI is InChI=1S/C22H30N4O3/c1-13(2)20-23-21(29-24-20)18-8-17(16-6-5-14(3)15(4)7-16)9-25(10-18)22(28)26-11-19(27)12-26/h5-7,13,17-19,27H,8-12H2,1-4H3. The summed E-state index contributed by atoms with van der Waals surface area (Å²) in [6.45, 7) is 10.4. The number of aliphatic hydroxyl groups is 1. The number of β-amino-alcohol motifs (C(OH)–C–C–N with tert-alkyl or cyclic N) is 1. The summed E-state index contributed by atoms with van der Waals surface area (Å²) in [6.07, 6.45) is 0.467. The van der Waals surface area contributed by atoms with Crippen LogP contribution < -0.4 is 0 Å². The molecule has 29 heavy (non-hydrogen) atoms. The van der Waals surface area contributed by atoms with Gasteiger partial charge in [0.15, 0.2) is 5.82 Å². The van der Waals surface area contributed by atoms with Crippen LogP contribution in [0.4, 0.5) is 4.79 Å². The highest BCUT2D eigenvalue weighted by molar-refractivity contribution is 5.75. The zero-order valence-electron chi connectivity index (χ0n) is 17.6. The van der Waals surface area contributed by atoms with Crippen LogP contribution in [0.5, 0.6) is 0 Å². The molecule has 2 fully saturated rings. The third-order valence-corrected chi connectivity index (χ3v) is 6.18. The summed E-state index contributed by atoms with van der Waals surface area (Å²) < 4.78 is 5.59. The molecule has 2 unspecified atom stereocenters. The number of rotatable bonds is 3. The van der Waals surface area contributed by atoms with Gasteiger partial charge < -0.3 is 19.4 Å². The Morgan fingerprint density at radius 1 is 1.10 bits per heavy atom.